The number of nitrogens with one attached hydrogen (secondary N) is 1. The minimum absolute atomic E-state index is 0.0841. The predicted octanol–water partition coefficient (Wildman–Crippen LogP) is 2.08. The van der Waals surface area contributed by atoms with Crippen LogP contribution in [-0.2, 0) is 4.79 Å². The normalized spacial score (nSPS) is 11.1. The van der Waals surface area contributed by atoms with E-state index in [1.807, 2.05) is 0 Å². The molecule has 3 N–H and O–H groups in total. The van der Waals surface area contributed by atoms with E-state index >= 15 is 0 Å². The molecule has 0 aliphatic carbocycles. The highest BCUT2D eigenvalue weighted by molar-refractivity contribution is 5.94. The molecule has 4 heteroatoms. The predicted molar refractivity (Wildman–Crippen MR) is 57.9 cm³/mol. The van der Waals surface area contributed by atoms with Crippen molar-refractivity contribution in [1.29, 1.82) is 0 Å². The summed E-state index contributed by atoms with van der Waals surface area (Å²) in [7, 11) is 0. The van der Waals surface area contributed by atoms with Crippen LogP contribution in [0.25, 0.3) is 0 Å². The fraction of sp³-hybridized carbons (Fsp3) is 0.364. The van der Waals surface area contributed by atoms with Gasteiger partial charge >= 0.3 is 0 Å². The van der Waals surface area contributed by atoms with E-state index in [0.29, 0.717) is 5.69 Å². The van der Waals surface area contributed by atoms with Crippen molar-refractivity contribution in [2.24, 2.45) is 5.41 Å². The fourth-order valence-electron chi connectivity index (χ4n) is 0.986. The van der Waals surface area contributed by atoms with Crippen molar-refractivity contribution in [3.8, 4) is 11.5 Å². The zero-order valence-corrected chi connectivity index (χ0v) is 9.03. The first-order chi connectivity index (χ1) is 6.79. The van der Waals surface area contributed by atoms with E-state index in [-0.39, 0.29) is 17.4 Å². The molecule has 1 amide bonds. The number of benzene rings is 1. The van der Waals surface area contributed by atoms with E-state index in [4.69, 9.17) is 0 Å². The van der Waals surface area contributed by atoms with E-state index in [1.165, 1.54) is 18.2 Å². The minimum Gasteiger partial charge on any atom is -0.508 e. The first-order valence-electron chi connectivity index (χ1n) is 4.63. The molecule has 1 aromatic rings. The molecule has 0 aliphatic heterocycles. The van der Waals surface area contributed by atoms with Crippen molar-refractivity contribution in [2.45, 2.75) is 20.8 Å². The fourth-order valence-corrected chi connectivity index (χ4v) is 0.986. The van der Waals surface area contributed by atoms with Gasteiger partial charge in [0.05, 0.1) is 0 Å². The molecule has 0 atom stereocenters. The molecule has 0 aromatic heterocycles. The Kier molecular flexibility index (Phi) is 2.88. The van der Waals surface area contributed by atoms with Gasteiger partial charge in [0.25, 0.3) is 0 Å². The number of hydrogen-bond acceptors (Lipinski definition) is 3. The smallest absolute Gasteiger partial charge is 0.229 e. The molecule has 1 aromatic carbocycles. The van der Waals surface area contributed by atoms with Gasteiger partial charge < -0.3 is 15.5 Å². The Bertz CT molecular complexity index is 360. The van der Waals surface area contributed by atoms with Gasteiger partial charge in [-0.1, -0.05) is 20.8 Å². The lowest BCUT2D eigenvalue weighted by molar-refractivity contribution is -0.123. The van der Waals surface area contributed by atoms with Crippen LogP contribution >= 0.6 is 0 Å². The van der Waals surface area contributed by atoms with Crippen LogP contribution in [-0.4, -0.2) is 16.1 Å². The summed E-state index contributed by atoms with van der Waals surface area (Å²) in [6.07, 6.45) is 0. The van der Waals surface area contributed by atoms with Crippen LogP contribution < -0.4 is 5.32 Å². The molecular formula is C11H15NO3. The molecule has 4 nitrogen and oxygen atoms in total. The molecular weight excluding hydrogens is 194 g/mol. The van der Waals surface area contributed by atoms with E-state index in [9.17, 15) is 15.0 Å². The number of carbonyl (C=O) groups is 1. The van der Waals surface area contributed by atoms with Crippen LogP contribution in [0.5, 0.6) is 11.5 Å². The van der Waals surface area contributed by atoms with Crippen LogP contribution in [0.2, 0.25) is 0 Å². The Morgan fingerprint density at radius 3 is 2.00 bits per heavy atom. The maximum absolute atomic E-state index is 11.6. The second kappa shape index (κ2) is 3.81. The maximum atomic E-state index is 11.6. The Balaban J connectivity index is 2.86. The molecule has 0 radical (unpaired) electrons. The minimum atomic E-state index is -0.513. The van der Waals surface area contributed by atoms with Gasteiger partial charge in [-0.3, -0.25) is 4.79 Å². The van der Waals surface area contributed by atoms with Gasteiger partial charge in [0.15, 0.2) is 0 Å². The van der Waals surface area contributed by atoms with Gasteiger partial charge in [0.2, 0.25) is 5.91 Å². The lowest BCUT2D eigenvalue weighted by Crippen LogP contribution is -2.27. The Labute approximate surface area is 88.6 Å². The topological polar surface area (TPSA) is 69.6 Å². The first-order valence-corrected chi connectivity index (χ1v) is 4.63. The van der Waals surface area contributed by atoms with Crippen LogP contribution in [0.1, 0.15) is 20.8 Å². The summed E-state index contributed by atoms with van der Waals surface area (Å²) in [5.41, 5.74) is -0.131. The molecule has 0 heterocycles. The molecule has 0 aliphatic rings. The van der Waals surface area contributed by atoms with Gasteiger partial charge in [-0.05, 0) is 0 Å². The highest BCUT2D eigenvalue weighted by Gasteiger charge is 2.21. The molecule has 0 spiro atoms. The number of aromatic hydroxyl groups is 2. The van der Waals surface area contributed by atoms with Gasteiger partial charge in [-0.25, -0.2) is 0 Å². The van der Waals surface area contributed by atoms with Gasteiger partial charge in [-0.15, -0.1) is 0 Å². The summed E-state index contributed by atoms with van der Waals surface area (Å²) >= 11 is 0. The standard InChI is InChI=1S/C11H15NO3/c1-11(2,3)10(15)12-7-4-8(13)6-9(14)5-7/h4-6,13-14H,1-3H3,(H,12,15). The number of anilines is 1. The summed E-state index contributed by atoms with van der Waals surface area (Å²) in [6, 6.07) is 3.96. The van der Waals surface area contributed by atoms with Crippen molar-refractivity contribution < 1.29 is 15.0 Å². The largest absolute Gasteiger partial charge is 0.508 e. The van der Waals surface area contributed by atoms with Crippen molar-refractivity contribution in [2.75, 3.05) is 5.32 Å². The highest BCUT2D eigenvalue weighted by Crippen LogP contribution is 2.25. The average molecular weight is 209 g/mol. The summed E-state index contributed by atoms with van der Waals surface area (Å²) in [5, 5.41) is 21.0. The monoisotopic (exact) mass is 209 g/mol. The van der Waals surface area contributed by atoms with Crippen molar-refractivity contribution >= 4 is 11.6 Å². The van der Waals surface area contributed by atoms with E-state index < -0.39 is 5.41 Å². The third-order valence-electron chi connectivity index (χ3n) is 1.84. The number of rotatable bonds is 1. The van der Waals surface area contributed by atoms with Crippen LogP contribution in [0.15, 0.2) is 18.2 Å². The number of hydrogen-bond donors (Lipinski definition) is 3. The van der Waals surface area contributed by atoms with Crippen LogP contribution in [0.4, 0.5) is 5.69 Å². The van der Waals surface area contributed by atoms with Crippen molar-refractivity contribution in [1.82, 2.24) is 0 Å². The quantitative estimate of drug-likeness (QED) is 0.663. The van der Waals surface area contributed by atoms with E-state index in [2.05, 4.69) is 5.32 Å². The molecule has 0 saturated carbocycles. The second-order valence-electron chi connectivity index (χ2n) is 4.44. The second-order valence-corrected chi connectivity index (χ2v) is 4.44. The lowest BCUT2D eigenvalue weighted by atomic mass is 9.95. The summed E-state index contributed by atoms with van der Waals surface area (Å²) in [6.45, 7) is 5.35. The number of carbonyl (C=O) groups excluding carboxylic acids is 1. The summed E-state index contributed by atoms with van der Waals surface area (Å²) in [4.78, 5) is 11.6. The highest BCUT2D eigenvalue weighted by atomic mass is 16.3. The van der Waals surface area contributed by atoms with Crippen molar-refractivity contribution in [3.05, 3.63) is 18.2 Å². The number of amides is 1. The lowest BCUT2D eigenvalue weighted by Gasteiger charge is -2.17. The molecule has 82 valence electrons. The Morgan fingerprint density at radius 2 is 1.60 bits per heavy atom. The zero-order chi connectivity index (χ0) is 11.6. The maximum Gasteiger partial charge on any atom is 0.229 e. The van der Waals surface area contributed by atoms with Gasteiger partial charge in [0.1, 0.15) is 11.5 Å². The van der Waals surface area contributed by atoms with E-state index in [0.717, 1.165) is 0 Å². The molecule has 15 heavy (non-hydrogen) atoms. The number of phenols is 2. The third-order valence-corrected chi connectivity index (χ3v) is 1.84. The first kappa shape index (κ1) is 11.4. The Morgan fingerprint density at radius 1 is 1.13 bits per heavy atom. The summed E-state index contributed by atoms with van der Waals surface area (Å²) < 4.78 is 0. The molecule has 0 fully saturated rings. The van der Waals surface area contributed by atoms with Crippen molar-refractivity contribution in [3.63, 3.8) is 0 Å². The summed E-state index contributed by atoms with van der Waals surface area (Å²) in [5.74, 6) is -0.342. The Hall–Kier alpha value is -1.71. The number of phenolic OH excluding ortho intramolecular Hbond substituents is 2. The average Bonchev–Trinajstić information content (AvgIpc) is 1.99. The zero-order valence-electron chi connectivity index (χ0n) is 9.03. The molecule has 1 rings (SSSR count). The molecule has 0 saturated heterocycles. The van der Waals surface area contributed by atoms with Gasteiger partial charge in [0, 0.05) is 29.3 Å². The SMILES string of the molecule is CC(C)(C)C(=O)Nc1cc(O)cc(O)c1. The molecule has 0 bridgehead atoms. The van der Waals surface area contributed by atoms with Crippen LogP contribution in [0, 0.1) is 5.41 Å². The third kappa shape index (κ3) is 3.16. The van der Waals surface area contributed by atoms with Gasteiger partial charge in [-0.2, -0.15) is 0 Å². The molecule has 0 unspecified atom stereocenters. The van der Waals surface area contributed by atoms with E-state index in [1.54, 1.807) is 20.8 Å². The van der Waals surface area contributed by atoms with Crippen LogP contribution in [0.3, 0.4) is 0 Å².